The molecule has 4 N–H and O–H groups in total. The Morgan fingerprint density at radius 1 is 0.862 bits per heavy atom. The summed E-state index contributed by atoms with van der Waals surface area (Å²) in [4.78, 5) is 9.31. The van der Waals surface area contributed by atoms with Gasteiger partial charge in [-0.2, -0.15) is 0 Å². The van der Waals surface area contributed by atoms with Crippen molar-refractivity contribution in [2.75, 3.05) is 33.0 Å². The molecular formula is C21H44NO6P. The molecule has 8 heteroatoms. The van der Waals surface area contributed by atoms with Gasteiger partial charge in [0, 0.05) is 13.2 Å². The molecule has 0 heterocycles. The molecule has 0 aliphatic carbocycles. The third kappa shape index (κ3) is 22.2. The standard InChI is InChI=1S/C21H44NO6P/c1-2-3-4-5-6-7-8-9-10-11-12-13-14-15-17-26-19-21(23)20-28-29(24,25)27-18-16-22/h7-8,21,23H,2-6,9-20,22H2,1H3,(H,24,25)/b8-7-. The maximum atomic E-state index is 11.4. The van der Waals surface area contributed by atoms with Crippen LogP contribution in [0.1, 0.15) is 84.0 Å². The summed E-state index contributed by atoms with van der Waals surface area (Å²) in [6, 6.07) is 0. The number of unbranched alkanes of at least 4 members (excludes halogenated alkanes) is 10. The monoisotopic (exact) mass is 437 g/mol. The van der Waals surface area contributed by atoms with Gasteiger partial charge in [0.15, 0.2) is 0 Å². The van der Waals surface area contributed by atoms with Crippen molar-refractivity contribution in [3.05, 3.63) is 12.2 Å². The van der Waals surface area contributed by atoms with Crippen LogP contribution in [0, 0.1) is 0 Å². The summed E-state index contributed by atoms with van der Waals surface area (Å²) in [5, 5.41) is 9.69. The number of rotatable bonds is 22. The molecule has 0 amide bonds. The van der Waals surface area contributed by atoms with Crippen LogP contribution in [-0.2, 0) is 18.3 Å². The third-order valence-electron chi connectivity index (χ3n) is 4.41. The van der Waals surface area contributed by atoms with Gasteiger partial charge in [-0.25, -0.2) is 4.57 Å². The van der Waals surface area contributed by atoms with Crippen LogP contribution in [-0.4, -0.2) is 49.1 Å². The predicted octanol–water partition coefficient (Wildman–Crippen LogP) is 4.71. The summed E-state index contributed by atoms with van der Waals surface area (Å²) in [6.07, 6.45) is 18.5. The van der Waals surface area contributed by atoms with E-state index in [0.717, 1.165) is 12.8 Å². The first-order chi connectivity index (χ1) is 14.0. The first kappa shape index (κ1) is 28.7. The molecule has 0 aromatic heterocycles. The average Bonchev–Trinajstić information content (AvgIpc) is 2.70. The summed E-state index contributed by atoms with van der Waals surface area (Å²) in [5.41, 5.74) is 5.18. The lowest BCUT2D eigenvalue weighted by Gasteiger charge is -2.15. The van der Waals surface area contributed by atoms with Gasteiger partial charge in [-0.15, -0.1) is 0 Å². The molecule has 0 rings (SSSR count). The highest BCUT2D eigenvalue weighted by Gasteiger charge is 2.22. The number of aliphatic hydroxyl groups excluding tert-OH is 1. The smallest absolute Gasteiger partial charge is 0.388 e. The van der Waals surface area contributed by atoms with Crippen molar-refractivity contribution in [2.45, 2.75) is 90.1 Å². The Hall–Kier alpha value is -0.270. The van der Waals surface area contributed by atoms with Crippen LogP contribution in [0.5, 0.6) is 0 Å². The Kier molecular flexibility index (Phi) is 20.8. The van der Waals surface area contributed by atoms with Crippen molar-refractivity contribution in [2.24, 2.45) is 5.73 Å². The second-order valence-corrected chi connectivity index (χ2v) is 8.80. The highest BCUT2D eigenvalue weighted by atomic mass is 31.2. The zero-order chi connectivity index (χ0) is 21.6. The number of ether oxygens (including phenoxy) is 1. The minimum Gasteiger partial charge on any atom is -0.388 e. The molecule has 2 atom stereocenters. The van der Waals surface area contributed by atoms with Gasteiger partial charge in [0.2, 0.25) is 0 Å². The lowest BCUT2D eigenvalue weighted by Crippen LogP contribution is -2.22. The Labute approximate surface area is 177 Å². The molecule has 0 saturated heterocycles. The van der Waals surface area contributed by atoms with Crippen LogP contribution in [0.15, 0.2) is 12.2 Å². The molecule has 29 heavy (non-hydrogen) atoms. The minimum atomic E-state index is -4.14. The Bertz CT molecular complexity index is 422. The van der Waals surface area contributed by atoms with Gasteiger partial charge in [0.05, 0.1) is 19.8 Å². The van der Waals surface area contributed by atoms with Crippen molar-refractivity contribution in [1.29, 1.82) is 0 Å². The second kappa shape index (κ2) is 21.0. The Morgan fingerprint density at radius 3 is 2.07 bits per heavy atom. The van der Waals surface area contributed by atoms with Crippen molar-refractivity contribution < 1.29 is 28.3 Å². The topological polar surface area (TPSA) is 111 Å². The second-order valence-electron chi connectivity index (χ2n) is 7.35. The maximum Gasteiger partial charge on any atom is 0.472 e. The largest absolute Gasteiger partial charge is 0.472 e. The molecule has 7 nitrogen and oxygen atoms in total. The van der Waals surface area contributed by atoms with Crippen molar-refractivity contribution in [3.8, 4) is 0 Å². The molecule has 0 aromatic rings. The van der Waals surface area contributed by atoms with Gasteiger partial charge in [-0.05, 0) is 32.1 Å². The van der Waals surface area contributed by atoms with Gasteiger partial charge in [0.1, 0.15) is 6.10 Å². The summed E-state index contributed by atoms with van der Waals surface area (Å²) in [7, 11) is -4.14. The van der Waals surface area contributed by atoms with Crippen molar-refractivity contribution in [1.82, 2.24) is 0 Å². The molecule has 0 spiro atoms. The van der Waals surface area contributed by atoms with E-state index in [0.29, 0.717) is 6.61 Å². The first-order valence-electron chi connectivity index (χ1n) is 11.2. The SMILES string of the molecule is CCCCCC/C=C\CCCCCCCCOCC(O)COP(=O)(O)OCCN. The Morgan fingerprint density at radius 2 is 1.45 bits per heavy atom. The van der Waals surface area contributed by atoms with E-state index in [9.17, 15) is 14.6 Å². The average molecular weight is 438 g/mol. The van der Waals surface area contributed by atoms with Crippen LogP contribution in [0.4, 0.5) is 0 Å². The minimum absolute atomic E-state index is 0.0711. The van der Waals surface area contributed by atoms with E-state index in [2.05, 4.69) is 28.1 Å². The number of aliphatic hydroxyl groups is 1. The fourth-order valence-corrected chi connectivity index (χ4v) is 3.52. The fraction of sp³-hybridized carbons (Fsp3) is 0.905. The number of nitrogens with two attached hydrogens (primary N) is 1. The number of hydrogen-bond donors (Lipinski definition) is 3. The number of allylic oxidation sites excluding steroid dienone is 2. The molecule has 0 fully saturated rings. The molecule has 0 aromatic carbocycles. The number of phosphoric acid groups is 1. The van der Waals surface area contributed by atoms with Gasteiger partial charge in [-0.3, -0.25) is 9.05 Å². The van der Waals surface area contributed by atoms with Crippen LogP contribution >= 0.6 is 7.82 Å². The van der Waals surface area contributed by atoms with Crippen LogP contribution in [0.3, 0.4) is 0 Å². The Balaban J connectivity index is 3.34. The highest BCUT2D eigenvalue weighted by Crippen LogP contribution is 2.42. The molecule has 174 valence electrons. The summed E-state index contributed by atoms with van der Waals surface area (Å²) < 4.78 is 26.0. The van der Waals surface area contributed by atoms with Crippen LogP contribution < -0.4 is 5.73 Å². The lowest BCUT2D eigenvalue weighted by atomic mass is 10.1. The van der Waals surface area contributed by atoms with Gasteiger partial charge < -0.3 is 20.5 Å². The quantitative estimate of drug-likeness (QED) is 0.128. The molecule has 2 unspecified atom stereocenters. The van der Waals surface area contributed by atoms with E-state index in [1.807, 2.05) is 0 Å². The summed E-state index contributed by atoms with van der Waals surface area (Å²) in [5.74, 6) is 0. The molecule has 0 bridgehead atoms. The maximum absolute atomic E-state index is 11.4. The van der Waals surface area contributed by atoms with E-state index in [1.54, 1.807) is 0 Å². The molecule has 0 aliphatic rings. The van der Waals surface area contributed by atoms with Gasteiger partial charge >= 0.3 is 7.82 Å². The molecular weight excluding hydrogens is 393 g/mol. The van der Waals surface area contributed by atoms with Gasteiger partial charge in [0.25, 0.3) is 0 Å². The normalized spacial score (nSPS) is 15.0. The first-order valence-corrected chi connectivity index (χ1v) is 12.7. The number of hydrogen-bond acceptors (Lipinski definition) is 6. The van der Waals surface area contributed by atoms with Crippen molar-refractivity contribution in [3.63, 3.8) is 0 Å². The van der Waals surface area contributed by atoms with E-state index in [4.69, 9.17) is 10.5 Å². The summed E-state index contributed by atoms with van der Waals surface area (Å²) in [6.45, 7) is 2.61. The van der Waals surface area contributed by atoms with E-state index in [-0.39, 0.29) is 26.4 Å². The fourth-order valence-electron chi connectivity index (χ4n) is 2.75. The molecule has 0 aliphatic heterocycles. The zero-order valence-electron chi connectivity index (χ0n) is 18.3. The van der Waals surface area contributed by atoms with E-state index >= 15 is 0 Å². The van der Waals surface area contributed by atoms with Gasteiger partial charge in [-0.1, -0.05) is 64.0 Å². The van der Waals surface area contributed by atoms with Crippen LogP contribution in [0.25, 0.3) is 0 Å². The summed E-state index contributed by atoms with van der Waals surface area (Å²) >= 11 is 0. The predicted molar refractivity (Wildman–Crippen MR) is 118 cm³/mol. The van der Waals surface area contributed by atoms with Crippen LogP contribution in [0.2, 0.25) is 0 Å². The third-order valence-corrected chi connectivity index (χ3v) is 5.40. The van der Waals surface area contributed by atoms with Crippen molar-refractivity contribution >= 4 is 7.82 Å². The highest BCUT2D eigenvalue weighted by molar-refractivity contribution is 7.47. The van der Waals surface area contributed by atoms with E-state index in [1.165, 1.54) is 64.2 Å². The lowest BCUT2D eigenvalue weighted by molar-refractivity contribution is 0.00230. The molecule has 0 radical (unpaired) electrons. The number of phosphoric ester groups is 1. The molecule has 0 saturated carbocycles. The zero-order valence-corrected chi connectivity index (χ0v) is 19.2. The van der Waals surface area contributed by atoms with E-state index < -0.39 is 13.9 Å².